The summed E-state index contributed by atoms with van der Waals surface area (Å²) in [6.45, 7) is 0.450. The summed E-state index contributed by atoms with van der Waals surface area (Å²) in [7, 11) is 1.58. The number of halogens is 3. The summed E-state index contributed by atoms with van der Waals surface area (Å²) in [5.41, 5.74) is 1.22. The van der Waals surface area contributed by atoms with Gasteiger partial charge in [0.25, 0.3) is 0 Å². The van der Waals surface area contributed by atoms with Crippen molar-refractivity contribution in [2.45, 2.75) is 18.2 Å². The minimum absolute atomic E-state index is 0.277. The zero-order valence-electron chi connectivity index (χ0n) is 16.3. The van der Waals surface area contributed by atoms with E-state index in [1.807, 2.05) is 48.5 Å². The van der Waals surface area contributed by atoms with Crippen molar-refractivity contribution in [3.8, 4) is 17.6 Å². The first kappa shape index (κ1) is 20.1. The number of benzene rings is 3. The van der Waals surface area contributed by atoms with Gasteiger partial charge in [0.05, 0.1) is 19.3 Å². The Balaban J connectivity index is 1.89. The molecule has 0 saturated carbocycles. The summed E-state index contributed by atoms with van der Waals surface area (Å²) < 4.78 is 50.9. The van der Waals surface area contributed by atoms with Crippen molar-refractivity contribution in [3.63, 3.8) is 0 Å². The highest BCUT2D eigenvalue weighted by molar-refractivity contribution is 5.53. The minimum Gasteiger partial charge on any atom is -0.497 e. The van der Waals surface area contributed by atoms with Gasteiger partial charge in [0, 0.05) is 16.7 Å². The third-order valence-electron chi connectivity index (χ3n) is 5.14. The van der Waals surface area contributed by atoms with E-state index in [-0.39, 0.29) is 5.56 Å². The number of methoxy groups -OCH3 is 1. The van der Waals surface area contributed by atoms with Crippen LogP contribution in [0.3, 0.4) is 0 Å². The Morgan fingerprint density at radius 3 is 2.57 bits per heavy atom. The molecule has 0 unspecified atom stereocenters. The Bertz CT molecular complexity index is 1120. The fourth-order valence-corrected chi connectivity index (χ4v) is 3.66. The van der Waals surface area contributed by atoms with Gasteiger partial charge in [-0.25, -0.2) is 0 Å². The van der Waals surface area contributed by atoms with Gasteiger partial charge < -0.3 is 9.47 Å². The van der Waals surface area contributed by atoms with Gasteiger partial charge in [0.15, 0.2) is 5.60 Å². The summed E-state index contributed by atoms with van der Waals surface area (Å²) in [4.78, 5) is 0. The molecule has 0 saturated heterocycles. The van der Waals surface area contributed by atoms with Crippen LogP contribution in [0.15, 0.2) is 72.8 Å². The normalized spacial score (nSPS) is 18.1. The van der Waals surface area contributed by atoms with E-state index in [0.717, 1.165) is 35.2 Å². The maximum Gasteiger partial charge on any atom is 0.416 e. The molecule has 0 aliphatic carbocycles. The molecule has 1 aliphatic heterocycles. The first-order chi connectivity index (χ1) is 14.4. The van der Waals surface area contributed by atoms with Gasteiger partial charge in [-0.15, -0.1) is 0 Å². The Morgan fingerprint density at radius 1 is 0.967 bits per heavy atom. The van der Waals surface area contributed by atoms with E-state index in [9.17, 15) is 13.2 Å². The summed E-state index contributed by atoms with van der Waals surface area (Å²) >= 11 is 0. The zero-order chi connectivity index (χ0) is 21.2. The van der Waals surface area contributed by atoms with Gasteiger partial charge in [-0.3, -0.25) is 0 Å². The molecule has 1 heterocycles. The van der Waals surface area contributed by atoms with Crippen molar-refractivity contribution in [1.82, 2.24) is 0 Å². The quantitative estimate of drug-likeness (QED) is 0.515. The molecule has 4 rings (SSSR count). The number of hydrogen-bond acceptors (Lipinski definition) is 2. The Morgan fingerprint density at radius 2 is 1.77 bits per heavy atom. The van der Waals surface area contributed by atoms with Crippen molar-refractivity contribution >= 4 is 0 Å². The second kappa shape index (κ2) is 7.89. The van der Waals surface area contributed by atoms with E-state index in [2.05, 4.69) is 11.8 Å². The molecule has 1 aliphatic rings. The van der Waals surface area contributed by atoms with Crippen LogP contribution in [0.4, 0.5) is 13.2 Å². The summed E-state index contributed by atoms with van der Waals surface area (Å²) in [5, 5.41) is 0. The highest BCUT2D eigenvalue weighted by Crippen LogP contribution is 2.40. The third-order valence-corrected chi connectivity index (χ3v) is 5.14. The summed E-state index contributed by atoms with van der Waals surface area (Å²) in [5.74, 6) is 6.74. The lowest BCUT2D eigenvalue weighted by Gasteiger charge is -2.35. The topological polar surface area (TPSA) is 18.5 Å². The Kier molecular flexibility index (Phi) is 5.27. The van der Waals surface area contributed by atoms with Gasteiger partial charge in [0.1, 0.15) is 5.75 Å². The molecule has 0 bridgehead atoms. The van der Waals surface area contributed by atoms with Crippen molar-refractivity contribution < 1.29 is 22.6 Å². The van der Waals surface area contributed by atoms with E-state index in [0.29, 0.717) is 12.4 Å². The van der Waals surface area contributed by atoms with E-state index in [4.69, 9.17) is 9.47 Å². The molecule has 0 fully saturated rings. The maximum absolute atomic E-state index is 13.1. The molecule has 0 amide bonds. The highest BCUT2D eigenvalue weighted by Gasteiger charge is 2.38. The minimum atomic E-state index is -4.42. The lowest BCUT2D eigenvalue weighted by atomic mass is 9.81. The molecule has 1 atom stereocenters. The fourth-order valence-electron chi connectivity index (χ4n) is 3.66. The lowest BCUT2D eigenvalue weighted by molar-refractivity contribution is -0.137. The lowest BCUT2D eigenvalue weighted by Crippen LogP contribution is -2.35. The average Bonchev–Trinajstić information content (AvgIpc) is 2.77. The van der Waals surface area contributed by atoms with Gasteiger partial charge in [-0.1, -0.05) is 54.3 Å². The highest BCUT2D eigenvalue weighted by atomic mass is 19.4. The van der Waals surface area contributed by atoms with Crippen LogP contribution < -0.4 is 4.74 Å². The van der Waals surface area contributed by atoms with Crippen LogP contribution >= 0.6 is 0 Å². The number of fused-ring (bicyclic) bond motifs is 1. The number of alkyl halides is 3. The predicted molar refractivity (Wildman–Crippen MR) is 108 cm³/mol. The molecule has 3 aromatic rings. The standard InChI is InChI=1S/C25H19F3O2/c1-29-22-10-5-8-20(17-22)24(23-11-3-2-7-19(23)13-15-30-24)14-12-18-6-4-9-21(16-18)25(26,27)28/h2-11,16-17H,13,15H2,1H3/t24-/m1/s1. The molecule has 30 heavy (non-hydrogen) atoms. The summed E-state index contributed by atoms with van der Waals surface area (Å²) in [6, 6.07) is 20.3. The van der Waals surface area contributed by atoms with Gasteiger partial charge in [-0.2, -0.15) is 13.2 Å². The van der Waals surface area contributed by atoms with Crippen LogP contribution in [0.25, 0.3) is 0 Å². The average molecular weight is 408 g/mol. The Hall–Kier alpha value is -3.23. The third kappa shape index (κ3) is 3.79. The van der Waals surface area contributed by atoms with Crippen LogP contribution in [-0.2, 0) is 22.9 Å². The molecule has 0 radical (unpaired) electrons. The SMILES string of the molecule is COc1cccc([C@@]2(C#Cc3cccc(C(F)(F)F)c3)OCCc3ccccc32)c1. The smallest absolute Gasteiger partial charge is 0.416 e. The number of rotatable bonds is 2. The second-order valence-corrected chi connectivity index (χ2v) is 7.00. The molecule has 5 heteroatoms. The Labute approximate surface area is 173 Å². The van der Waals surface area contributed by atoms with Crippen molar-refractivity contribution in [2.24, 2.45) is 0 Å². The largest absolute Gasteiger partial charge is 0.497 e. The van der Waals surface area contributed by atoms with Crippen LogP contribution in [0.2, 0.25) is 0 Å². The van der Waals surface area contributed by atoms with Gasteiger partial charge in [-0.05, 0) is 42.3 Å². The maximum atomic E-state index is 13.1. The number of ether oxygens (including phenoxy) is 2. The number of hydrogen-bond donors (Lipinski definition) is 0. The first-order valence-electron chi connectivity index (χ1n) is 9.50. The predicted octanol–water partition coefficient (Wildman–Crippen LogP) is 5.58. The van der Waals surface area contributed by atoms with Gasteiger partial charge in [0.2, 0.25) is 0 Å². The van der Waals surface area contributed by atoms with Crippen LogP contribution in [0, 0.1) is 11.8 Å². The van der Waals surface area contributed by atoms with E-state index in [1.165, 1.54) is 6.07 Å². The second-order valence-electron chi connectivity index (χ2n) is 7.00. The summed E-state index contributed by atoms with van der Waals surface area (Å²) in [6.07, 6.45) is -3.68. The van der Waals surface area contributed by atoms with Crippen molar-refractivity contribution in [1.29, 1.82) is 0 Å². The molecule has 0 aromatic heterocycles. The van der Waals surface area contributed by atoms with E-state index < -0.39 is 17.3 Å². The molecule has 3 aromatic carbocycles. The zero-order valence-corrected chi connectivity index (χ0v) is 16.3. The molecular formula is C25H19F3O2. The molecule has 0 N–H and O–H groups in total. The van der Waals surface area contributed by atoms with Crippen LogP contribution in [-0.4, -0.2) is 13.7 Å². The van der Waals surface area contributed by atoms with Crippen LogP contribution in [0.1, 0.15) is 27.8 Å². The monoisotopic (exact) mass is 408 g/mol. The van der Waals surface area contributed by atoms with Gasteiger partial charge >= 0.3 is 6.18 Å². The molecule has 0 spiro atoms. The molecule has 2 nitrogen and oxygen atoms in total. The fraction of sp³-hybridized carbons (Fsp3) is 0.200. The van der Waals surface area contributed by atoms with Crippen molar-refractivity contribution in [2.75, 3.05) is 13.7 Å². The first-order valence-corrected chi connectivity index (χ1v) is 9.50. The van der Waals surface area contributed by atoms with E-state index in [1.54, 1.807) is 13.2 Å². The van der Waals surface area contributed by atoms with Crippen LogP contribution in [0.5, 0.6) is 5.75 Å². The van der Waals surface area contributed by atoms with Crippen molar-refractivity contribution in [3.05, 3.63) is 101 Å². The molecule has 152 valence electrons. The van der Waals surface area contributed by atoms with E-state index >= 15 is 0 Å². The molecular weight excluding hydrogens is 389 g/mol.